The maximum absolute atomic E-state index is 6.18. The first-order chi connectivity index (χ1) is 8.29. The highest BCUT2D eigenvalue weighted by atomic mass is 16.5. The van der Waals surface area contributed by atoms with Crippen molar-refractivity contribution in [3.05, 3.63) is 29.8 Å². The lowest BCUT2D eigenvalue weighted by atomic mass is 10.00. The summed E-state index contributed by atoms with van der Waals surface area (Å²) in [4.78, 5) is 0. The average molecular weight is 236 g/mol. The highest BCUT2D eigenvalue weighted by Crippen LogP contribution is 2.20. The third kappa shape index (κ3) is 3.43. The van der Waals surface area contributed by atoms with Crippen molar-refractivity contribution in [3.8, 4) is 5.75 Å². The number of hydrogen-bond donors (Lipinski definition) is 2. The van der Waals surface area contributed by atoms with Gasteiger partial charge in [-0.25, -0.2) is 0 Å². The summed E-state index contributed by atoms with van der Waals surface area (Å²) in [6, 6.07) is 8.33. The Morgan fingerprint density at radius 1 is 1.47 bits per heavy atom. The van der Waals surface area contributed by atoms with Crippen LogP contribution in [0.2, 0.25) is 0 Å². The molecule has 0 saturated carbocycles. The number of rotatable bonds is 4. The van der Waals surface area contributed by atoms with Crippen LogP contribution < -0.4 is 15.8 Å². The van der Waals surface area contributed by atoms with E-state index in [4.69, 9.17) is 15.2 Å². The van der Waals surface area contributed by atoms with Gasteiger partial charge in [0.2, 0.25) is 0 Å². The molecule has 17 heavy (non-hydrogen) atoms. The van der Waals surface area contributed by atoms with Crippen molar-refractivity contribution in [3.63, 3.8) is 0 Å². The molecule has 1 aliphatic heterocycles. The van der Waals surface area contributed by atoms with Crippen LogP contribution in [0.4, 0.5) is 0 Å². The number of benzene rings is 1. The van der Waals surface area contributed by atoms with E-state index in [0.29, 0.717) is 6.04 Å². The molecule has 1 fully saturated rings. The molecule has 0 amide bonds. The lowest BCUT2D eigenvalue weighted by molar-refractivity contribution is 0.0720. The molecular formula is C13H20N2O2. The standard InChI is InChI=1S/C13H20N2O2/c1-16-12-4-2-10(3-5-12)13(14)8-11-9-17-7-6-15-11/h2-5,11,13,15H,6-9,14H2,1H3. The summed E-state index contributed by atoms with van der Waals surface area (Å²) in [6.45, 7) is 2.47. The van der Waals surface area contributed by atoms with E-state index in [0.717, 1.165) is 37.5 Å². The maximum Gasteiger partial charge on any atom is 0.118 e. The number of ether oxygens (including phenoxy) is 2. The predicted molar refractivity (Wildman–Crippen MR) is 67.1 cm³/mol. The van der Waals surface area contributed by atoms with E-state index in [-0.39, 0.29) is 6.04 Å². The molecule has 0 spiro atoms. The lowest BCUT2D eigenvalue weighted by Crippen LogP contribution is -2.42. The van der Waals surface area contributed by atoms with Gasteiger partial charge < -0.3 is 20.5 Å². The van der Waals surface area contributed by atoms with E-state index in [9.17, 15) is 0 Å². The van der Waals surface area contributed by atoms with Crippen molar-refractivity contribution in [1.29, 1.82) is 0 Å². The van der Waals surface area contributed by atoms with Gasteiger partial charge in [-0.1, -0.05) is 12.1 Å². The topological polar surface area (TPSA) is 56.5 Å². The number of morpholine rings is 1. The summed E-state index contributed by atoms with van der Waals surface area (Å²) in [5.41, 5.74) is 7.32. The van der Waals surface area contributed by atoms with Crippen molar-refractivity contribution in [1.82, 2.24) is 5.32 Å². The van der Waals surface area contributed by atoms with Gasteiger partial charge in [0, 0.05) is 18.6 Å². The molecule has 94 valence electrons. The Kier molecular flexibility index (Phi) is 4.36. The van der Waals surface area contributed by atoms with Gasteiger partial charge in [-0.15, -0.1) is 0 Å². The number of hydrogen-bond acceptors (Lipinski definition) is 4. The van der Waals surface area contributed by atoms with Crippen molar-refractivity contribution < 1.29 is 9.47 Å². The van der Waals surface area contributed by atoms with Crippen LogP contribution in [0, 0.1) is 0 Å². The largest absolute Gasteiger partial charge is 0.497 e. The van der Waals surface area contributed by atoms with Gasteiger partial charge in [0.15, 0.2) is 0 Å². The number of nitrogens with one attached hydrogen (secondary N) is 1. The zero-order valence-corrected chi connectivity index (χ0v) is 10.2. The van der Waals surface area contributed by atoms with E-state index in [1.807, 2.05) is 24.3 Å². The molecule has 1 heterocycles. The van der Waals surface area contributed by atoms with Crippen LogP contribution in [-0.2, 0) is 4.74 Å². The zero-order valence-electron chi connectivity index (χ0n) is 10.2. The molecule has 4 heteroatoms. The van der Waals surface area contributed by atoms with Crippen LogP contribution in [0.1, 0.15) is 18.0 Å². The van der Waals surface area contributed by atoms with Gasteiger partial charge in [-0.05, 0) is 24.1 Å². The first kappa shape index (κ1) is 12.4. The van der Waals surface area contributed by atoms with Gasteiger partial charge in [0.1, 0.15) is 5.75 Å². The molecule has 1 saturated heterocycles. The average Bonchev–Trinajstić information content (AvgIpc) is 2.40. The molecule has 0 aliphatic carbocycles. The van der Waals surface area contributed by atoms with Gasteiger partial charge >= 0.3 is 0 Å². The van der Waals surface area contributed by atoms with Crippen molar-refractivity contribution in [2.24, 2.45) is 5.73 Å². The minimum atomic E-state index is 0.0418. The summed E-state index contributed by atoms with van der Waals surface area (Å²) in [6.07, 6.45) is 0.895. The van der Waals surface area contributed by atoms with Crippen molar-refractivity contribution in [2.75, 3.05) is 26.9 Å². The van der Waals surface area contributed by atoms with Crippen LogP contribution >= 0.6 is 0 Å². The summed E-state index contributed by atoms with van der Waals surface area (Å²) in [5, 5.41) is 3.41. The van der Waals surface area contributed by atoms with Crippen LogP contribution in [0.5, 0.6) is 5.75 Å². The second-order valence-electron chi connectivity index (χ2n) is 4.34. The van der Waals surface area contributed by atoms with Crippen LogP contribution in [0.3, 0.4) is 0 Å². The highest BCUT2D eigenvalue weighted by Gasteiger charge is 2.17. The Balaban J connectivity index is 1.91. The monoisotopic (exact) mass is 236 g/mol. The second-order valence-corrected chi connectivity index (χ2v) is 4.34. The molecule has 2 rings (SSSR count). The Hall–Kier alpha value is -1.10. The summed E-state index contributed by atoms with van der Waals surface area (Å²) >= 11 is 0. The molecule has 1 aliphatic rings. The smallest absolute Gasteiger partial charge is 0.118 e. The van der Waals surface area contributed by atoms with E-state index >= 15 is 0 Å². The van der Waals surface area contributed by atoms with Gasteiger partial charge in [-0.2, -0.15) is 0 Å². The van der Waals surface area contributed by atoms with Crippen LogP contribution in [-0.4, -0.2) is 32.9 Å². The van der Waals surface area contributed by atoms with Crippen molar-refractivity contribution in [2.45, 2.75) is 18.5 Å². The van der Waals surface area contributed by atoms with Crippen LogP contribution in [0.25, 0.3) is 0 Å². The summed E-state index contributed by atoms with van der Waals surface area (Å²) < 4.78 is 10.5. The Labute approximate surface area is 102 Å². The molecule has 4 nitrogen and oxygen atoms in total. The predicted octanol–water partition coefficient (Wildman–Crippen LogP) is 1.07. The Morgan fingerprint density at radius 3 is 2.82 bits per heavy atom. The van der Waals surface area contributed by atoms with Gasteiger partial charge in [0.25, 0.3) is 0 Å². The molecule has 1 aromatic rings. The first-order valence-electron chi connectivity index (χ1n) is 6.00. The highest BCUT2D eigenvalue weighted by molar-refractivity contribution is 5.29. The molecule has 2 atom stereocenters. The van der Waals surface area contributed by atoms with Gasteiger partial charge in [-0.3, -0.25) is 0 Å². The van der Waals surface area contributed by atoms with E-state index < -0.39 is 0 Å². The molecular weight excluding hydrogens is 216 g/mol. The normalized spacial score (nSPS) is 22.1. The first-order valence-corrected chi connectivity index (χ1v) is 6.00. The fraction of sp³-hybridized carbons (Fsp3) is 0.538. The second kappa shape index (κ2) is 6.00. The third-order valence-electron chi connectivity index (χ3n) is 3.08. The summed E-state index contributed by atoms with van der Waals surface area (Å²) in [5.74, 6) is 0.861. The van der Waals surface area contributed by atoms with E-state index in [1.165, 1.54) is 0 Å². The lowest BCUT2D eigenvalue weighted by Gasteiger charge is -2.26. The molecule has 2 unspecified atom stereocenters. The third-order valence-corrected chi connectivity index (χ3v) is 3.08. The molecule has 0 bridgehead atoms. The molecule has 0 aromatic heterocycles. The number of nitrogens with two attached hydrogens (primary N) is 1. The van der Waals surface area contributed by atoms with E-state index in [1.54, 1.807) is 7.11 Å². The molecule has 3 N–H and O–H groups in total. The maximum atomic E-state index is 6.18. The Bertz CT molecular complexity index is 334. The summed E-state index contributed by atoms with van der Waals surface area (Å²) in [7, 11) is 1.66. The fourth-order valence-electron chi connectivity index (χ4n) is 2.06. The SMILES string of the molecule is COc1ccc(C(N)CC2COCCN2)cc1. The minimum Gasteiger partial charge on any atom is -0.497 e. The zero-order chi connectivity index (χ0) is 12.1. The number of methoxy groups -OCH3 is 1. The quantitative estimate of drug-likeness (QED) is 0.821. The molecule has 1 aromatic carbocycles. The fourth-order valence-corrected chi connectivity index (χ4v) is 2.06. The minimum absolute atomic E-state index is 0.0418. The van der Waals surface area contributed by atoms with Crippen LogP contribution in [0.15, 0.2) is 24.3 Å². The van der Waals surface area contributed by atoms with Crippen molar-refractivity contribution >= 4 is 0 Å². The Morgan fingerprint density at radius 2 is 2.24 bits per heavy atom. The molecule has 0 radical (unpaired) electrons. The van der Waals surface area contributed by atoms with E-state index in [2.05, 4.69) is 5.32 Å². The van der Waals surface area contributed by atoms with Gasteiger partial charge in [0.05, 0.1) is 20.3 Å².